The number of rotatable bonds is 9. The summed E-state index contributed by atoms with van der Waals surface area (Å²) >= 11 is 0. The van der Waals surface area contributed by atoms with Crippen LogP contribution < -0.4 is 4.90 Å². The molecule has 2 heteroatoms. The van der Waals surface area contributed by atoms with Gasteiger partial charge in [-0.15, -0.1) is 0 Å². The van der Waals surface area contributed by atoms with Crippen molar-refractivity contribution in [3.63, 3.8) is 0 Å². The van der Waals surface area contributed by atoms with Gasteiger partial charge in [0.05, 0.1) is 16.7 Å². The summed E-state index contributed by atoms with van der Waals surface area (Å²) < 4.78 is 2.44. The molecule has 12 aromatic rings. The van der Waals surface area contributed by atoms with E-state index in [0.29, 0.717) is 0 Å². The molecule has 0 N–H and O–H groups in total. The van der Waals surface area contributed by atoms with Crippen molar-refractivity contribution in [3.8, 4) is 61.3 Å². The van der Waals surface area contributed by atoms with Crippen molar-refractivity contribution < 1.29 is 0 Å². The quantitative estimate of drug-likeness (QED) is 0.141. The number of aromatic nitrogens is 1. The van der Waals surface area contributed by atoms with Crippen molar-refractivity contribution in [3.05, 3.63) is 267 Å². The van der Waals surface area contributed by atoms with Crippen LogP contribution in [0.3, 0.4) is 0 Å². The van der Waals surface area contributed by atoms with E-state index in [1.165, 1.54) is 66.0 Å². The highest BCUT2D eigenvalue weighted by molar-refractivity contribution is 6.10. The van der Waals surface area contributed by atoms with Gasteiger partial charge in [0.1, 0.15) is 0 Å². The summed E-state index contributed by atoms with van der Waals surface area (Å²) in [6, 6.07) is 97.0. The number of nitrogens with zero attached hydrogens (tertiary/aromatic N) is 2. The van der Waals surface area contributed by atoms with Gasteiger partial charge < -0.3 is 9.47 Å². The standard InChI is InChI=1S/C64H44N2/c1-3-16-45(17-4-1)47-30-32-51(33-31-47)61-44-54(42-43-57(61)58-23-9-12-27-62(58)66-63-28-13-10-24-59(63)60-25-11-14-29-64(60)66)65(52-38-34-48(35-39-52)46-18-5-2-6-19-46)53-40-36-50(37-41-53)56-26-15-21-49-20-7-8-22-55(49)56/h1-44H. The molecule has 0 atom stereocenters. The van der Waals surface area contributed by atoms with Crippen molar-refractivity contribution in [1.82, 2.24) is 4.57 Å². The summed E-state index contributed by atoms with van der Waals surface area (Å²) in [6.45, 7) is 0. The largest absolute Gasteiger partial charge is 0.310 e. The van der Waals surface area contributed by atoms with E-state index in [2.05, 4.69) is 276 Å². The fourth-order valence-corrected chi connectivity index (χ4v) is 9.84. The minimum atomic E-state index is 1.07. The lowest BCUT2D eigenvalue weighted by Gasteiger charge is -2.27. The van der Waals surface area contributed by atoms with E-state index in [0.717, 1.165) is 45.0 Å². The molecule has 0 amide bonds. The highest BCUT2D eigenvalue weighted by Crippen LogP contribution is 2.45. The van der Waals surface area contributed by atoms with E-state index >= 15 is 0 Å². The van der Waals surface area contributed by atoms with E-state index < -0.39 is 0 Å². The fourth-order valence-electron chi connectivity index (χ4n) is 9.84. The first-order chi connectivity index (χ1) is 32.7. The first-order valence-electron chi connectivity index (χ1n) is 22.7. The molecule has 0 bridgehead atoms. The van der Waals surface area contributed by atoms with Crippen molar-refractivity contribution in [2.75, 3.05) is 4.90 Å². The van der Waals surface area contributed by atoms with Crippen LogP contribution >= 0.6 is 0 Å². The Morgan fingerprint density at radius 1 is 0.242 bits per heavy atom. The number of anilines is 3. The minimum Gasteiger partial charge on any atom is -0.310 e. The summed E-state index contributed by atoms with van der Waals surface area (Å²) in [4.78, 5) is 2.39. The Bertz CT molecular complexity index is 3600. The van der Waals surface area contributed by atoms with E-state index in [4.69, 9.17) is 0 Å². The first-order valence-corrected chi connectivity index (χ1v) is 22.7. The predicted octanol–water partition coefficient (Wildman–Crippen LogP) is 17.7. The highest BCUT2D eigenvalue weighted by atomic mass is 15.1. The molecule has 0 spiro atoms. The normalized spacial score (nSPS) is 11.3. The zero-order valence-electron chi connectivity index (χ0n) is 36.3. The van der Waals surface area contributed by atoms with Gasteiger partial charge in [-0.3, -0.25) is 0 Å². The Kier molecular flexibility index (Phi) is 9.89. The second-order valence-electron chi connectivity index (χ2n) is 16.9. The third-order valence-electron chi connectivity index (χ3n) is 13.0. The number of para-hydroxylation sites is 3. The molecule has 1 heterocycles. The van der Waals surface area contributed by atoms with Crippen LogP contribution in [0.5, 0.6) is 0 Å². The lowest BCUT2D eigenvalue weighted by Crippen LogP contribution is -2.10. The Morgan fingerprint density at radius 3 is 1.30 bits per heavy atom. The maximum atomic E-state index is 2.44. The third kappa shape index (κ3) is 7.02. The molecule has 2 nitrogen and oxygen atoms in total. The Morgan fingerprint density at radius 2 is 0.667 bits per heavy atom. The average molecular weight is 841 g/mol. The van der Waals surface area contributed by atoms with Crippen molar-refractivity contribution in [1.29, 1.82) is 0 Å². The third-order valence-corrected chi connectivity index (χ3v) is 13.0. The lowest BCUT2D eigenvalue weighted by atomic mass is 9.91. The van der Waals surface area contributed by atoms with Gasteiger partial charge in [-0.25, -0.2) is 0 Å². The number of hydrogen-bond acceptors (Lipinski definition) is 1. The average Bonchev–Trinajstić information content (AvgIpc) is 3.74. The van der Waals surface area contributed by atoms with Gasteiger partial charge in [-0.1, -0.05) is 212 Å². The summed E-state index contributed by atoms with van der Waals surface area (Å²) in [5.41, 5.74) is 18.6. The van der Waals surface area contributed by atoms with Crippen LogP contribution in [0.4, 0.5) is 17.1 Å². The summed E-state index contributed by atoms with van der Waals surface area (Å²) in [5.74, 6) is 0. The van der Waals surface area contributed by atoms with Crippen molar-refractivity contribution in [2.24, 2.45) is 0 Å². The SMILES string of the molecule is c1ccc(-c2ccc(-c3cc(N(c4ccc(-c5ccccc5)cc4)c4ccc(-c5cccc6ccccc56)cc4)ccc3-c3ccccc3-n3c4ccccc4c4ccccc43)cc2)cc1. The topological polar surface area (TPSA) is 8.17 Å². The van der Waals surface area contributed by atoms with Crippen molar-refractivity contribution in [2.45, 2.75) is 0 Å². The Balaban J connectivity index is 1.05. The van der Waals surface area contributed by atoms with Gasteiger partial charge in [0.2, 0.25) is 0 Å². The fraction of sp³-hybridized carbons (Fsp3) is 0. The van der Waals surface area contributed by atoms with E-state index in [9.17, 15) is 0 Å². The number of hydrogen-bond donors (Lipinski definition) is 0. The lowest BCUT2D eigenvalue weighted by molar-refractivity contribution is 1.18. The van der Waals surface area contributed by atoms with Crippen molar-refractivity contribution >= 4 is 49.6 Å². The van der Waals surface area contributed by atoms with Gasteiger partial charge in [0.15, 0.2) is 0 Å². The van der Waals surface area contributed by atoms with Crippen LogP contribution in [0, 0.1) is 0 Å². The van der Waals surface area contributed by atoms with Crippen LogP contribution in [-0.4, -0.2) is 4.57 Å². The predicted molar refractivity (Wildman–Crippen MR) is 280 cm³/mol. The molecule has 66 heavy (non-hydrogen) atoms. The number of benzene rings is 11. The summed E-state index contributed by atoms with van der Waals surface area (Å²) in [7, 11) is 0. The molecular weight excluding hydrogens is 797 g/mol. The second kappa shape index (κ2) is 16.8. The first kappa shape index (κ1) is 38.9. The molecule has 1 aromatic heterocycles. The molecule has 0 fully saturated rings. The maximum Gasteiger partial charge on any atom is 0.0541 e. The number of fused-ring (bicyclic) bond motifs is 4. The van der Waals surface area contributed by atoms with Crippen LogP contribution in [-0.2, 0) is 0 Å². The molecule has 0 saturated carbocycles. The van der Waals surface area contributed by atoms with Gasteiger partial charge in [-0.05, 0) is 115 Å². The summed E-state index contributed by atoms with van der Waals surface area (Å²) in [6.07, 6.45) is 0. The van der Waals surface area contributed by atoms with Gasteiger partial charge in [0.25, 0.3) is 0 Å². The molecule has 0 aliphatic carbocycles. The van der Waals surface area contributed by atoms with Crippen LogP contribution in [0.25, 0.3) is 93.9 Å². The molecule has 0 unspecified atom stereocenters. The zero-order valence-corrected chi connectivity index (χ0v) is 36.3. The second-order valence-corrected chi connectivity index (χ2v) is 16.9. The van der Waals surface area contributed by atoms with E-state index in [1.807, 2.05) is 0 Å². The maximum absolute atomic E-state index is 2.44. The zero-order chi connectivity index (χ0) is 43.8. The van der Waals surface area contributed by atoms with Gasteiger partial charge >= 0.3 is 0 Å². The minimum absolute atomic E-state index is 1.07. The van der Waals surface area contributed by atoms with Gasteiger partial charge in [0, 0.05) is 33.4 Å². The van der Waals surface area contributed by atoms with Crippen LogP contribution in [0.1, 0.15) is 0 Å². The van der Waals surface area contributed by atoms with Crippen LogP contribution in [0.15, 0.2) is 267 Å². The Labute approximate surface area is 385 Å². The highest BCUT2D eigenvalue weighted by Gasteiger charge is 2.21. The molecule has 0 aliphatic heterocycles. The molecule has 0 radical (unpaired) electrons. The molecular formula is C64H44N2. The molecule has 12 rings (SSSR count). The van der Waals surface area contributed by atoms with Gasteiger partial charge in [-0.2, -0.15) is 0 Å². The van der Waals surface area contributed by atoms with E-state index in [1.54, 1.807) is 0 Å². The molecule has 0 aliphatic rings. The van der Waals surface area contributed by atoms with Crippen LogP contribution in [0.2, 0.25) is 0 Å². The molecule has 11 aromatic carbocycles. The van der Waals surface area contributed by atoms with E-state index in [-0.39, 0.29) is 0 Å². The molecule has 0 saturated heterocycles. The summed E-state index contributed by atoms with van der Waals surface area (Å²) in [5, 5.41) is 4.98. The molecule has 310 valence electrons. The Hall–Kier alpha value is -8.72. The smallest absolute Gasteiger partial charge is 0.0541 e. The monoisotopic (exact) mass is 840 g/mol.